The largest absolute Gasteiger partial charge is 0.507 e. The number of aliphatic imine (C=N–C) groups is 2. The van der Waals surface area contributed by atoms with Gasteiger partial charge >= 0.3 is 0 Å². The average molecular weight is 527 g/mol. The van der Waals surface area contributed by atoms with Crippen molar-refractivity contribution in [3.05, 3.63) is 121 Å². The first-order chi connectivity index (χ1) is 19.6. The van der Waals surface area contributed by atoms with Gasteiger partial charge in [0.25, 0.3) is 0 Å². The molecule has 0 amide bonds. The summed E-state index contributed by atoms with van der Waals surface area (Å²) in [5.41, 5.74) is 4.50. The lowest BCUT2D eigenvalue weighted by Crippen LogP contribution is -1.83. The van der Waals surface area contributed by atoms with Gasteiger partial charge < -0.3 is 10.2 Å². The lowest BCUT2D eigenvalue weighted by molar-refractivity contribution is 0.474. The van der Waals surface area contributed by atoms with E-state index in [9.17, 15) is 10.2 Å². The number of rotatable bonds is 8. The molecule has 10 nitrogen and oxygen atoms in total. The Kier molecular flexibility index (Phi) is 8.08. The number of aromatic hydroxyl groups is 2. The number of pyridine rings is 2. The van der Waals surface area contributed by atoms with Gasteiger partial charge in [-0.15, -0.1) is 0 Å². The Bertz CT molecular complexity index is 1590. The van der Waals surface area contributed by atoms with Crippen LogP contribution in [0.15, 0.2) is 140 Å². The van der Waals surface area contributed by atoms with Crippen LogP contribution in [0.3, 0.4) is 0 Å². The van der Waals surface area contributed by atoms with Gasteiger partial charge in [0.1, 0.15) is 11.5 Å². The first kappa shape index (κ1) is 25.7. The number of para-hydroxylation sites is 2. The van der Waals surface area contributed by atoms with Crippen LogP contribution in [0.2, 0.25) is 0 Å². The van der Waals surface area contributed by atoms with Crippen LogP contribution >= 0.6 is 0 Å². The van der Waals surface area contributed by atoms with Crippen LogP contribution in [0, 0.1) is 0 Å². The molecule has 2 heterocycles. The van der Waals surface area contributed by atoms with Gasteiger partial charge in [0.05, 0.1) is 34.1 Å². The Labute approximate surface area is 229 Å². The number of phenolic OH excluding ortho intramolecular Hbond substituents is 2. The van der Waals surface area contributed by atoms with E-state index in [0.717, 1.165) is 0 Å². The first-order valence-electron chi connectivity index (χ1n) is 12.1. The number of benzene rings is 3. The number of azo groups is 2. The average Bonchev–Trinajstić information content (AvgIpc) is 3.00. The van der Waals surface area contributed by atoms with Crippen molar-refractivity contribution in [3.8, 4) is 11.5 Å². The van der Waals surface area contributed by atoms with Crippen molar-refractivity contribution in [2.75, 3.05) is 0 Å². The van der Waals surface area contributed by atoms with E-state index in [0.29, 0.717) is 45.3 Å². The van der Waals surface area contributed by atoms with E-state index in [-0.39, 0.29) is 11.5 Å². The molecule has 0 unspecified atom stereocenters. The Morgan fingerprint density at radius 2 is 0.875 bits per heavy atom. The van der Waals surface area contributed by atoms with Crippen molar-refractivity contribution < 1.29 is 10.2 Å². The molecule has 5 rings (SSSR count). The van der Waals surface area contributed by atoms with Crippen molar-refractivity contribution in [2.24, 2.45) is 30.4 Å². The molecule has 0 aliphatic heterocycles. The minimum absolute atomic E-state index is 0.0512. The first-order valence-corrected chi connectivity index (χ1v) is 12.1. The SMILES string of the molecule is Oc1ccc(N=Nc2ccncc2)cc1C=Nc1ccccc1N=Cc1cc(N=Nc2ccncc2)ccc1O. The van der Waals surface area contributed by atoms with E-state index in [2.05, 4.69) is 40.4 Å². The van der Waals surface area contributed by atoms with Crippen molar-refractivity contribution in [1.82, 2.24) is 9.97 Å². The molecule has 10 heteroatoms. The van der Waals surface area contributed by atoms with E-state index >= 15 is 0 Å². The zero-order valence-electron chi connectivity index (χ0n) is 21.0. The highest BCUT2D eigenvalue weighted by atomic mass is 16.3. The van der Waals surface area contributed by atoms with E-state index in [1.807, 2.05) is 12.1 Å². The Hall–Kier alpha value is -5.90. The molecule has 0 saturated heterocycles. The molecule has 0 fully saturated rings. The third-order valence-corrected chi connectivity index (χ3v) is 5.48. The molecule has 0 aliphatic rings. The Morgan fingerprint density at radius 1 is 0.475 bits per heavy atom. The van der Waals surface area contributed by atoms with Crippen molar-refractivity contribution >= 4 is 46.6 Å². The fourth-order valence-corrected chi connectivity index (χ4v) is 3.43. The Balaban J connectivity index is 1.35. The summed E-state index contributed by atoms with van der Waals surface area (Å²) in [5.74, 6) is 0.102. The zero-order valence-corrected chi connectivity index (χ0v) is 21.0. The lowest BCUT2D eigenvalue weighted by atomic mass is 10.2. The highest BCUT2D eigenvalue weighted by Crippen LogP contribution is 2.30. The minimum atomic E-state index is 0.0512. The topological polar surface area (TPSA) is 140 Å². The van der Waals surface area contributed by atoms with Gasteiger partial charge in [-0.25, -0.2) is 0 Å². The molecule has 0 aliphatic carbocycles. The van der Waals surface area contributed by atoms with Crippen molar-refractivity contribution in [1.29, 1.82) is 0 Å². The number of nitrogens with zero attached hydrogens (tertiary/aromatic N) is 8. The molecule has 0 bridgehead atoms. The van der Waals surface area contributed by atoms with E-state index < -0.39 is 0 Å². The van der Waals surface area contributed by atoms with Crippen LogP contribution in [-0.4, -0.2) is 32.6 Å². The number of aromatic nitrogens is 2. The quantitative estimate of drug-likeness (QED) is 0.155. The molecule has 194 valence electrons. The number of hydrogen-bond acceptors (Lipinski definition) is 10. The smallest absolute Gasteiger partial charge is 0.124 e. The van der Waals surface area contributed by atoms with Gasteiger partial charge in [-0.1, -0.05) is 12.1 Å². The molecule has 0 radical (unpaired) electrons. The summed E-state index contributed by atoms with van der Waals surface area (Å²) < 4.78 is 0. The molecule has 0 saturated carbocycles. The molecule has 40 heavy (non-hydrogen) atoms. The fourth-order valence-electron chi connectivity index (χ4n) is 3.43. The van der Waals surface area contributed by atoms with Gasteiger partial charge in [-0.3, -0.25) is 20.0 Å². The number of phenols is 2. The molecule has 0 spiro atoms. The molecular weight excluding hydrogens is 504 g/mol. The van der Waals surface area contributed by atoms with Crippen LogP contribution in [-0.2, 0) is 0 Å². The summed E-state index contributed by atoms with van der Waals surface area (Å²) in [6.45, 7) is 0. The van der Waals surface area contributed by atoms with Crippen LogP contribution < -0.4 is 0 Å². The van der Waals surface area contributed by atoms with Crippen LogP contribution in [0.5, 0.6) is 11.5 Å². The van der Waals surface area contributed by atoms with Crippen LogP contribution in [0.25, 0.3) is 0 Å². The number of hydrogen-bond donors (Lipinski definition) is 2. The molecule has 5 aromatic rings. The van der Waals surface area contributed by atoms with E-state index in [1.54, 1.807) is 85.5 Å². The summed E-state index contributed by atoms with van der Waals surface area (Å²) in [4.78, 5) is 17.0. The molecule has 3 aromatic carbocycles. The second-order valence-corrected chi connectivity index (χ2v) is 8.30. The molecular formula is C30H22N8O2. The summed E-state index contributed by atoms with van der Waals surface area (Å²) >= 11 is 0. The fraction of sp³-hybridized carbons (Fsp3) is 0. The summed E-state index contributed by atoms with van der Waals surface area (Å²) in [6.07, 6.45) is 9.61. The lowest BCUT2D eigenvalue weighted by Gasteiger charge is -2.03. The predicted octanol–water partition coefficient (Wildman–Crippen LogP) is 8.22. The van der Waals surface area contributed by atoms with Gasteiger partial charge in [-0.05, 0) is 72.8 Å². The van der Waals surface area contributed by atoms with Crippen LogP contribution in [0.4, 0.5) is 34.1 Å². The van der Waals surface area contributed by atoms with E-state index in [4.69, 9.17) is 0 Å². The zero-order chi connectivity index (χ0) is 27.6. The highest BCUT2D eigenvalue weighted by molar-refractivity contribution is 5.90. The van der Waals surface area contributed by atoms with Gasteiger partial charge in [-0.2, -0.15) is 20.5 Å². The second-order valence-electron chi connectivity index (χ2n) is 8.30. The maximum absolute atomic E-state index is 10.3. The highest BCUT2D eigenvalue weighted by Gasteiger charge is 2.04. The molecule has 2 N–H and O–H groups in total. The minimum Gasteiger partial charge on any atom is -0.507 e. The normalized spacial score (nSPS) is 11.8. The standard InChI is InChI=1S/C30H22N8O2/c39-29-7-5-25(37-35-23-9-13-31-14-10-23)17-21(29)19-33-27-3-1-2-4-28(27)34-20-22-18-26(6-8-30(22)40)38-36-24-11-15-32-16-12-24/h1-20,39-40H. The van der Waals surface area contributed by atoms with Crippen LogP contribution in [0.1, 0.15) is 11.1 Å². The molecule has 2 aromatic heterocycles. The second kappa shape index (κ2) is 12.6. The maximum Gasteiger partial charge on any atom is 0.124 e. The Morgan fingerprint density at radius 3 is 1.30 bits per heavy atom. The summed E-state index contributed by atoms with van der Waals surface area (Å²) in [6, 6.07) is 24.0. The van der Waals surface area contributed by atoms with Gasteiger partial charge in [0.15, 0.2) is 0 Å². The summed E-state index contributed by atoms with van der Waals surface area (Å²) in [5, 5.41) is 37.5. The van der Waals surface area contributed by atoms with Gasteiger partial charge in [0, 0.05) is 48.3 Å². The summed E-state index contributed by atoms with van der Waals surface area (Å²) in [7, 11) is 0. The van der Waals surface area contributed by atoms with E-state index in [1.165, 1.54) is 24.6 Å². The third kappa shape index (κ3) is 6.90. The molecule has 0 atom stereocenters. The predicted molar refractivity (Wildman–Crippen MR) is 154 cm³/mol. The van der Waals surface area contributed by atoms with Crippen molar-refractivity contribution in [2.45, 2.75) is 0 Å². The maximum atomic E-state index is 10.3. The monoisotopic (exact) mass is 526 g/mol. The third-order valence-electron chi connectivity index (χ3n) is 5.48. The van der Waals surface area contributed by atoms with Gasteiger partial charge in [0.2, 0.25) is 0 Å². The van der Waals surface area contributed by atoms with Crippen molar-refractivity contribution in [3.63, 3.8) is 0 Å².